The Kier molecular flexibility index (Phi) is 4.67. The van der Waals surface area contributed by atoms with Crippen LogP contribution in [-0.2, 0) is 16.1 Å². The van der Waals surface area contributed by atoms with E-state index >= 15 is 0 Å². The Bertz CT molecular complexity index is 921. The van der Waals surface area contributed by atoms with E-state index in [2.05, 4.69) is 10.1 Å². The largest absolute Gasteiger partial charge is 0.370 e. The highest BCUT2D eigenvalue weighted by Crippen LogP contribution is 2.23. The smallest absolute Gasteiger partial charge is 0.224 e. The summed E-state index contributed by atoms with van der Waals surface area (Å²) in [5, 5.41) is 5.50. The van der Waals surface area contributed by atoms with Crippen LogP contribution in [0.3, 0.4) is 0 Å². The summed E-state index contributed by atoms with van der Waals surface area (Å²) in [6.07, 6.45) is 3.99. The van der Waals surface area contributed by atoms with E-state index in [1.54, 1.807) is 6.20 Å². The average molecular weight is 350 g/mol. The molecule has 0 aliphatic carbocycles. The molecule has 1 amide bonds. The molecule has 0 saturated carbocycles. The molecule has 26 heavy (non-hydrogen) atoms. The summed E-state index contributed by atoms with van der Waals surface area (Å²) in [5.41, 5.74) is 3.10. The molecule has 1 aliphatic heterocycles. The van der Waals surface area contributed by atoms with E-state index in [1.165, 1.54) is 0 Å². The maximum Gasteiger partial charge on any atom is 0.224 e. The van der Waals surface area contributed by atoms with Crippen LogP contribution in [0.4, 0.5) is 0 Å². The minimum atomic E-state index is -0.0834. The summed E-state index contributed by atoms with van der Waals surface area (Å²) in [7, 11) is 0. The number of hydrogen-bond donors (Lipinski definition) is 0. The van der Waals surface area contributed by atoms with Gasteiger partial charge in [0, 0.05) is 30.2 Å². The number of carbonyl (C=O) groups excluding carboxylic acids is 1. The fourth-order valence-corrected chi connectivity index (χ4v) is 3.41. The molecule has 1 saturated heterocycles. The predicted octanol–water partition coefficient (Wildman–Crippen LogP) is 2.73. The highest BCUT2D eigenvalue weighted by atomic mass is 16.5. The van der Waals surface area contributed by atoms with Crippen LogP contribution in [0, 0.1) is 6.92 Å². The molecule has 0 N–H and O–H groups in total. The Hall–Kier alpha value is -2.73. The van der Waals surface area contributed by atoms with Crippen LogP contribution >= 0.6 is 0 Å². The summed E-state index contributed by atoms with van der Waals surface area (Å²) >= 11 is 0. The molecule has 1 aromatic carbocycles. The van der Waals surface area contributed by atoms with Crippen molar-refractivity contribution in [1.82, 2.24) is 19.7 Å². The van der Waals surface area contributed by atoms with Gasteiger partial charge in [0.05, 0.1) is 31.4 Å². The van der Waals surface area contributed by atoms with Crippen molar-refractivity contribution in [2.45, 2.75) is 26.0 Å². The minimum Gasteiger partial charge on any atom is -0.370 e. The number of benzene rings is 1. The van der Waals surface area contributed by atoms with Crippen LogP contribution in [-0.4, -0.2) is 45.3 Å². The van der Waals surface area contributed by atoms with Crippen LogP contribution in [0.15, 0.2) is 48.8 Å². The highest BCUT2D eigenvalue weighted by Gasteiger charge is 2.25. The molecular formula is C20H22N4O2. The van der Waals surface area contributed by atoms with Gasteiger partial charge < -0.3 is 9.64 Å². The van der Waals surface area contributed by atoms with Gasteiger partial charge in [-0.25, -0.2) is 0 Å². The summed E-state index contributed by atoms with van der Waals surface area (Å²) in [5.74, 6) is 0.142. The van der Waals surface area contributed by atoms with Gasteiger partial charge in [-0.3, -0.25) is 14.5 Å². The van der Waals surface area contributed by atoms with Crippen molar-refractivity contribution in [3.8, 4) is 0 Å². The molecular weight excluding hydrogens is 328 g/mol. The van der Waals surface area contributed by atoms with Crippen molar-refractivity contribution in [2.75, 3.05) is 19.7 Å². The first-order chi connectivity index (χ1) is 12.7. The molecule has 0 unspecified atom stereocenters. The number of hydrogen-bond acceptors (Lipinski definition) is 4. The zero-order valence-corrected chi connectivity index (χ0v) is 14.8. The number of aryl methyl sites for hydroxylation is 2. The zero-order chi connectivity index (χ0) is 17.9. The number of carbonyl (C=O) groups is 1. The van der Waals surface area contributed by atoms with Gasteiger partial charge >= 0.3 is 0 Å². The van der Waals surface area contributed by atoms with Gasteiger partial charge in [0.25, 0.3) is 0 Å². The number of rotatable bonds is 4. The lowest BCUT2D eigenvalue weighted by Crippen LogP contribution is -2.42. The first kappa shape index (κ1) is 16.7. The molecule has 0 bridgehead atoms. The Labute approximate surface area is 152 Å². The number of aromatic nitrogens is 3. The number of nitrogens with zero attached hydrogens (tertiary/aromatic N) is 4. The fourth-order valence-electron chi connectivity index (χ4n) is 3.41. The molecule has 1 aliphatic rings. The third-order valence-electron chi connectivity index (χ3n) is 4.80. The van der Waals surface area contributed by atoms with E-state index in [0.717, 1.165) is 22.2 Å². The van der Waals surface area contributed by atoms with Crippen molar-refractivity contribution < 1.29 is 9.53 Å². The summed E-state index contributed by atoms with van der Waals surface area (Å²) in [6, 6.07) is 12.0. The van der Waals surface area contributed by atoms with Crippen molar-refractivity contribution in [3.63, 3.8) is 0 Å². The van der Waals surface area contributed by atoms with Crippen molar-refractivity contribution >= 4 is 16.8 Å². The van der Waals surface area contributed by atoms with Crippen molar-refractivity contribution in [2.24, 2.45) is 0 Å². The van der Waals surface area contributed by atoms with Crippen LogP contribution in [0.5, 0.6) is 0 Å². The van der Waals surface area contributed by atoms with E-state index in [4.69, 9.17) is 4.74 Å². The molecule has 3 aromatic rings. The van der Waals surface area contributed by atoms with Gasteiger partial charge in [-0.1, -0.05) is 18.2 Å². The number of ether oxygens (including phenoxy) is 1. The lowest BCUT2D eigenvalue weighted by molar-refractivity contribution is -0.139. The number of fused-ring (bicyclic) bond motifs is 1. The number of pyridine rings is 1. The first-order valence-corrected chi connectivity index (χ1v) is 8.93. The Balaban J connectivity index is 1.40. The van der Waals surface area contributed by atoms with Gasteiger partial charge in [0.15, 0.2) is 0 Å². The molecule has 2 aromatic heterocycles. The summed E-state index contributed by atoms with van der Waals surface area (Å²) in [4.78, 5) is 18.8. The van der Waals surface area contributed by atoms with E-state index in [9.17, 15) is 4.79 Å². The number of morpholine rings is 1. The molecule has 6 nitrogen and oxygen atoms in total. The van der Waals surface area contributed by atoms with Gasteiger partial charge in [-0.2, -0.15) is 5.10 Å². The van der Waals surface area contributed by atoms with Crippen LogP contribution in [0.2, 0.25) is 0 Å². The lowest BCUT2D eigenvalue weighted by Gasteiger charge is -2.33. The number of para-hydroxylation sites is 1. The second kappa shape index (κ2) is 7.25. The Morgan fingerprint density at radius 1 is 1.31 bits per heavy atom. The molecule has 1 fully saturated rings. The third-order valence-corrected chi connectivity index (χ3v) is 4.80. The maximum atomic E-state index is 12.7. The standard InChI is InChI=1S/C20H22N4O2/c1-15-12-16(6-8-21-15)19-14-23(10-11-26-19)20(25)7-9-24-18-5-3-2-4-17(18)13-22-24/h2-6,8,12-13,19H,7,9-11,14H2,1H3/t19-/m0/s1. The predicted molar refractivity (Wildman–Crippen MR) is 98.6 cm³/mol. The molecule has 0 radical (unpaired) electrons. The van der Waals surface area contributed by atoms with Crippen molar-refractivity contribution in [3.05, 3.63) is 60.0 Å². The SMILES string of the molecule is Cc1cc([C@@H]2CN(C(=O)CCn3ncc4ccccc43)CCO2)ccn1. The van der Waals surface area contributed by atoms with E-state index in [-0.39, 0.29) is 12.0 Å². The normalized spacial score (nSPS) is 17.6. The minimum absolute atomic E-state index is 0.0834. The van der Waals surface area contributed by atoms with E-state index < -0.39 is 0 Å². The monoisotopic (exact) mass is 350 g/mol. The molecule has 3 heterocycles. The zero-order valence-electron chi connectivity index (χ0n) is 14.8. The summed E-state index contributed by atoms with van der Waals surface area (Å²) in [6.45, 7) is 4.33. The maximum absolute atomic E-state index is 12.7. The first-order valence-electron chi connectivity index (χ1n) is 8.93. The van der Waals surface area contributed by atoms with Gasteiger partial charge in [-0.15, -0.1) is 0 Å². The average Bonchev–Trinajstić information content (AvgIpc) is 3.09. The topological polar surface area (TPSA) is 60.2 Å². The second-order valence-electron chi connectivity index (χ2n) is 6.61. The highest BCUT2D eigenvalue weighted by molar-refractivity contribution is 5.79. The van der Waals surface area contributed by atoms with Gasteiger partial charge in [0.1, 0.15) is 6.10 Å². The molecule has 1 atom stereocenters. The van der Waals surface area contributed by atoms with Crippen molar-refractivity contribution in [1.29, 1.82) is 0 Å². The molecule has 6 heteroatoms. The van der Waals surface area contributed by atoms with Crippen LogP contribution < -0.4 is 0 Å². The Morgan fingerprint density at radius 2 is 2.19 bits per heavy atom. The van der Waals surface area contributed by atoms with Crippen LogP contribution in [0.25, 0.3) is 10.9 Å². The quantitative estimate of drug-likeness (QED) is 0.726. The molecule has 4 rings (SSSR count). The van der Waals surface area contributed by atoms with Crippen LogP contribution in [0.1, 0.15) is 23.8 Å². The van der Waals surface area contributed by atoms with E-state index in [1.807, 2.05) is 59.1 Å². The second-order valence-corrected chi connectivity index (χ2v) is 6.61. The van der Waals surface area contributed by atoms with Gasteiger partial charge in [-0.05, 0) is 30.7 Å². The van der Waals surface area contributed by atoms with Gasteiger partial charge in [0.2, 0.25) is 5.91 Å². The molecule has 134 valence electrons. The Morgan fingerprint density at radius 3 is 3.08 bits per heavy atom. The van der Waals surface area contributed by atoms with E-state index in [0.29, 0.717) is 32.7 Å². The molecule has 0 spiro atoms. The lowest BCUT2D eigenvalue weighted by atomic mass is 10.1. The number of amides is 1. The summed E-state index contributed by atoms with van der Waals surface area (Å²) < 4.78 is 7.77. The fraction of sp³-hybridized carbons (Fsp3) is 0.350. The third kappa shape index (κ3) is 3.46.